The van der Waals surface area contributed by atoms with E-state index < -0.39 is 16.4 Å². The van der Waals surface area contributed by atoms with Gasteiger partial charge in [0.1, 0.15) is 0 Å². The molecule has 0 saturated heterocycles. The Morgan fingerprint density at radius 3 is 2.50 bits per heavy atom. The van der Waals surface area contributed by atoms with Crippen LogP contribution in [0.25, 0.3) is 0 Å². The third-order valence-electron chi connectivity index (χ3n) is 1.19. The van der Waals surface area contributed by atoms with Gasteiger partial charge in [0.2, 0.25) is 0 Å². The molecule has 1 unspecified atom stereocenters. The van der Waals surface area contributed by atoms with Gasteiger partial charge in [0.25, 0.3) is 10.1 Å². The Kier molecular flexibility index (Phi) is 5.39. The predicted octanol–water partition coefficient (Wildman–Crippen LogP) is 0.448. The minimum Gasteiger partial charge on any atom is -0.350 e. The van der Waals surface area contributed by atoms with Gasteiger partial charge in [-0.3, -0.25) is 4.55 Å². The molecule has 0 saturated carbocycles. The number of hydrogen-bond acceptors (Lipinski definition) is 3. The van der Waals surface area contributed by atoms with Crippen molar-refractivity contribution in [1.29, 1.82) is 0 Å². The van der Waals surface area contributed by atoms with E-state index in [0.717, 1.165) is 0 Å². The van der Waals surface area contributed by atoms with Crippen molar-refractivity contribution in [2.24, 2.45) is 0 Å². The van der Waals surface area contributed by atoms with Crippen LogP contribution in [0, 0.1) is 0 Å². The molecular formula is C6H13O5S. The molecule has 5 nitrogen and oxygen atoms in total. The van der Waals surface area contributed by atoms with E-state index in [4.69, 9.17) is 4.55 Å². The van der Waals surface area contributed by atoms with Crippen LogP contribution >= 0.6 is 0 Å². The second-order valence-corrected chi connectivity index (χ2v) is 3.89. The van der Waals surface area contributed by atoms with Gasteiger partial charge in [-0.1, -0.05) is 0 Å². The number of rotatable bonds is 6. The van der Waals surface area contributed by atoms with Crippen molar-refractivity contribution in [3.05, 3.63) is 0 Å². The van der Waals surface area contributed by atoms with Gasteiger partial charge in [-0.25, -0.2) is 5.11 Å². The first-order chi connectivity index (χ1) is 5.45. The summed E-state index contributed by atoms with van der Waals surface area (Å²) in [5.41, 5.74) is 0. The van der Waals surface area contributed by atoms with Crippen molar-refractivity contribution < 1.29 is 22.8 Å². The van der Waals surface area contributed by atoms with Crippen LogP contribution in [0.15, 0.2) is 0 Å². The van der Waals surface area contributed by atoms with Gasteiger partial charge in [0.15, 0.2) is 6.29 Å². The molecular weight excluding hydrogens is 184 g/mol. The van der Waals surface area contributed by atoms with E-state index >= 15 is 0 Å². The molecule has 0 rings (SSSR count). The molecule has 0 aromatic rings. The third-order valence-corrected chi connectivity index (χ3v) is 2.00. The molecule has 0 aliphatic rings. The lowest BCUT2D eigenvalue weighted by Gasteiger charge is -2.06. The molecule has 1 atom stereocenters. The Balaban J connectivity index is 3.44. The van der Waals surface area contributed by atoms with Gasteiger partial charge in [0.05, 0.1) is 5.75 Å². The van der Waals surface area contributed by atoms with Crippen molar-refractivity contribution in [3.63, 3.8) is 0 Å². The van der Waals surface area contributed by atoms with Crippen LogP contribution in [0.2, 0.25) is 0 Å². The summed E-state index contributed by atoms with van der Waals surface area (Å²) < 4.78 is 33.3. The summed E-state index contributed by atoms with van der Waals surface area (Å²) in [5, 5.41) is 10.7. The van der Waals surface area contributed by atoms with E-state index in [0.29, 0.717) is 6.61 Å². The molecule has 6 heteroatoms. The SMILES string of the molecule is CCOC([O])CCCS(=O)(=O)O. The van der Waals surface area contributed by atoms with Crippen LogP contribution in [0.3, 0.4) is 0 Å². The Bertz CT molecular complexity index is 198. The lowest BCUT2D eigenvalue weighted by molar-refractivity contribution is -0.139. The summed E-state index contributed by atoms with van der Waals surface area (Å²) in [7, 11) is -3.93. The highest BCUT2D eigenvalue weighted by atomic mass is 32.2. The maximum atomic E-state index is 10.7. The third kappa shape index (κ3) is 7.93. The van der Waals surface area contributed by atoms with E-state index in [9.17, 15) is 13.5 Å². The van der Waals surface area contributed by atoms with Crippen LogP contribution in [0.1, 0.15) is 19.8 Å². The smallest absolute Gasteiger partial charge is 0.264 e. The van der Waals surface area contributed by atoms with Gasteiger partial charge in [-0.2, -0.15) is 8.42 Å². The van der Waals surface area contributed by atoms with Gasteiger partial charge < -0.3 is 4.74 Å². The van der Waals surface area contributed by atoms with Crippen molar-refractivity contribution in [3.8, 4) is 0 Å². The van der Waals surface area contributed by atoms with E-state index in [1.54, 1.807) is 6.92 Å². The molecule has 0 amide bonds. The maximum absolute atomic E-state index is 10.7. The molecule has 0 aliphatic carbocycles. The highest BCUT2D eigenvalue weighted by molar-refractivity contribution is 7.85. The van der Waals surface area contributed by atoms with Gasteiger partial charge in [-0.15, -0.1) is 0 Å². The number of hydrogen-bond donors (Lipinski definition) is 1. The molecule has 0 aliphatic heterocycles. The summed E-state index contributed by atoms with van der Waals surface area (Å²) in [4.78, 5) is 0. The average molecular weight is 197 g/mol. The second kappa shape index (κ2) is 5.47. The quantitative estimate of drug-likeness (QED) is 0.495. The highest BCUT2D eigenvalue weighted by Gasteiger charge is 2.08. The van der Waals surface area contributed by atoms with Crippen LogP contribution in [-0.2, 0) is 20.0 Å². The van der Waals surface area contributed by atoms with Crippen LogP contribution in [0.4, 0.5) is 0 Å². The van der Waals surface area contributed by atoms with E-state index in [1.807, 2.05) is 0 Å². The maximum Gasteiger partial charge on any atom is 0.264 e. The first-order valence-corrected chi connectivity index (χ1v) is 5.29. The van der Waals surface area contributed by atoms with Gasteiger partial charge >= 0.3 is 0 Å². The molecule has 1 radical (unpaired) electrons. The van der Waals surface area contributed by atoms with Crippen molar-refractivity contribution in [2.45, 2.75) is 26.1 Å². The minimum atomic E-state index is -3.93. The lowest BCUT2D eigenvalue weighted by atomic mass is 10.3. The van der Waals surface area contributed by atoms with Gasteiger partial charge in [0, 0.05) is 13.0 Å². The zero-order chi connectivity index (χ0) is 9.61. The first-order valence-electron chi connectivity index (χ1n) is 3.68. The van der Waals surface area contributed by atoms with Crippen molar-refractivity contribution in [2.75, 3.05) is 12.4 Å². The van der Waals surface area contributed by atoms with E-state index in [1.165, 1.54) is 0 Å². The van der Waals surface area contributed by atoms with Crippen molar-refractivity contribution in [1.82, 2.24) is 0 Å². The fourth-order valence-corrected chi connectivity index (χ4v) is 1.23. The predicted molar refractivity (Wildman–Crippen MR) is 41.8 cm³/mol. The summed E-state index contributed by atoms with van der Waals surface area (Å²) in [6.45, 7) is 2.01. The highest BCUT2D eigenvalue weighted by Crippen LogP contribution is 2.01. The molecule has 73 valence electrons. The molecule has 0 aromatic heterocycles. The normalized spacial score (nSPS) is 14.6. The summed E-state index contributed by atoms with van der Waals surface area (Å²) in [6, 6.07) is 0. The molecule has 12 heavy (non-hydrogen) atoms. The number of ether oxygens (including phenoxy) is 1. The van der Waals surface area contributed by atoms with Crippen LogP contribution in [0.5, 0.6) is 0 Å². The average Bonchev–Trinajstić information content (AvgIpc) is 1.84. The molecule has 0 heterocycles. The Morgan fingerprint density at radius 1 is 1.50 bits per heavy atom. The van der Waals surface area contributed by atoms with Crippen LogP contribution in [-0.4, -0.2) is 31.6 Å². The summed E-state index contributed by atoms with van der Waals surface area (Å²) in [5.74, 6) is -0.376. The fourth-order valence-electron chi connectivity index (χ4n) is 0.702. The van der Waals surface area contributed by atoms with Crippen LogP contribution < -0.4 is 0 Å². The van der Waals surface area contributed by atoms with E-state index in [-0.39, 0.29) is 18.6 Å². The lowest BCUT2D eigenvalue weighted by Crippen LogP contribution is -2.12. The second-order valence-electron chi connectivity index (χ2n) is 2.31. The topological polar surface area (TPSA) is 83.5 Å². The Morgan fingerprint density at radius 2 is 2.08 bits per heavy atom. The largest absolute Gasteiger partial charge is 0.350 e. The summed E-state index contributed by atoms with van der Waals surface area (Å²) in [6.07, 6.45) is -0.947. The molecule has 0 bridgehead atoms. The molecule has 0 aromatic carbocycles. The molecule has 0 fully saturated rings. The van der Waals surface area contributed by atoms with Gasteiger partial charge in [-0.05, 0) is 13.3 Å². The fraction of sp³-hybridized carbons (Fsp3) is 1.00. The minimum absolute atomic E-state index is 0.105. The molecule has 0 spiro atoms. The monoisotopic (exact) mass is 197 g/mol. The Labute approximate surface area is 72.1 Å². The standard InChI is InChI=1S/C6H13O5S/c1-2-11-6(7)4-3-5-12(8,9)10/h6H,2-5H2,1H3,(H,8,9,10). The van der Waals surface area contributed by atoms with E-state index in [2.05, 4.69) is 4.74 Å². The molecule has 1 N–H and O–H groups in total. The van der Waals surface area contributed by atoms with Crippen molar-refractivity contribution >= 4 is 10.1 Å². The Hall–Kier alpha value is -0.170. The summed E-state index contributed by atoms with van der Waals surface area (Å²) >= 11 is 0. The first kappa shape index (κ1) is 11.8. The zero-order valence-electron chi connectivity index (χ0n) is 6.89. The zero-order valence-corrected chi connectivity index (χ0v) is 7.71.